The van der Waals surface area contributed by atoms with Gasteiger partial charge in [-0.3, -0.25) is 0 Å². The highest BCUT2D eigenvalue weighted by Crippen LogP contribution is 2.41. The number of rotatable bonds is 5. The summed E-state index contributed by atoms with van der Waals surface area (Å²) >= 11 is 1.69. The number of hydrogen-bond acceptors (Lipinski definition) is 6. The molecule has 3 aromatic rings. The van der Waals surface area contributed by atoms with Crippen molar-refractivity contribution in [3.05, 3.63) is 56.6 Å². The Labute approximate surface area is 204 Å². The summed E-state index contributed by atoms with van der Waals surface area (Å²) in [5.41, 5.74) is 3.27. The molecule has 2 aliphatic rings. The van der Waals surface area contributed by atoms with E-state index in [0.717, 1.165) is 45.6 Å². The fourth-order valence-electron chi connectivity index (χ4n) is 4.62. The highest BCUT2D eigenvalue weighted by atomic mass is 32.1. The highest BCUT2D eigenvalue weighted by molar-refractivity contribution is 7.07. The number of hydrogen-bond donors (Lipinski definition) is 0. The lowest BCUT2D eigenvalue weighted by atomic mass is 10.1. The molecule has 2 aliphatic heterocycles. The lowest BCUT2D eigenvalue weighted by Gasteiger charge is -2.28. The first-order chi connectivity index (χ1) is 16.7. The summed E-state index contributed by atoms with van der Waals surface area (Å²) in [5, 5.41) is 1.16. The molecule has 1 aromatic heterocycles. The Kier molecular flexibility index (Phi) is 6.63. The molecule has 6 nitrogen and oxygen atoms in total. The maximum atomic E-state index is 5.60. The van der Waals surface area contributed by atoms with E-state index in [2.05, 4.69) is 59.7 Å². The molecule has 0 saturated carbocycles. The van der Waals surface area contributed by atoms with E-state index in [9.17, 15) is 0 Å². The zero-order valence-electron chi connectivity index (χ0n) is 20.0. The quantitative estimate of drug-likeness (QED) is 0.554. The third kappa shape index (κ3) is 4.44. The van der Waals surface area contributed by atoms with Crippen molar-refractivity contribution in [1.29, 1.82) is 0 Å². The van der Waals surface area contributed by atoms with Crippen molar-refractivity contribution in [2.24, 2.45) is 4.99 Å². The van der Waals surface area contributed by atoms with E-state index in [1.807, 2.05) is 12.1 Å². The van der Waals surface area contributed by atoms with Crippen LogP contribution in [0.15, 0.2) is 41.4 Å². The zero-order chi connectivity index (χ0) is 23.5. The van der Waals surface area contributed by atoms with E-state index < -0.39 is 0 Å². The second-order valence-corrected chi connectivity index (χ2v) is 9.45. The first-order valence-corrected chi connectivity index (χ1v) is 12.8. The third-order valence-electron chi connectivity index (χ3n) is 6.34. The van der Waals surface area contributed by atoms with Gasteiger partial charge in [-0.15, -0.1) is 0 Å². The van der Waals surface area contributed by atoms with E-state index >= 15 is 0 Å². The van der Waals surface area contributed by atoms with Crippen LogP contribution >= 0.6 is 11.3 Å². The van der Waals surface area contributed by atoms with E-state index in [1.165, 1.54) is 24.9 Å². The Balaban J connectivity index is 1.54. The number of benzene rings is 2. The van der Waals surface area contributed by atoms with Gasteiger partial charge in [0.05, 0.1) is 22.7 Å². The summed E-state index contributed by atoms with van der Waals surface area (Å²) < 4.78 is 20.1. The molecule has 0 unspecified atom stereocenters. The van der Waals surface area contributed by atoms with Gasteiger partial charge < -0.3 is 23.7 Å². The number of aromatic nitrogens is 1. The minimum atomic E-state index is 0.220. The van der Waals surface area contributed by atoms with Crippen LogP contribution in [-0.2, 0) is 6.54 Å². The van der Waals surface area contributed by atoms with Crippen LogP contribution < -0.4 is 33.8 Å². The van der Waals surface area contributed by atoms with Crippen LogP contribution in [0.4, 0.5) is 11.4 Å². The van der Waals surface area contributed by atoms with Crippen LogP contribution in [0.2, 0.25) is 0 Å². The predicted molar refractivity (Wildman–Crippen MR) is 138 cm³/mol. The second kappa shape index (κ2) is 9.97. The Bertz CT molecular complexity index is 1350. The van der Waals surface area contributed by atoms with Crippen LogP contribution in [-0.4, -0.2) is 31.6 Å². The monoisotopic (exact) mass is 477 g/mol. The maximum absolute atomic E-state index is 5.60. The van der Waals surface area contributed by atoms with Gasteiger partial charge in [0.1, 0.15) is 0 Å². The normalized spacial score (nSPS) is 17.0. The van der Waals surface area contributed by atoms with Crippen molar-refractivity contribution in [2.45, 2.75) is 39.7 Å². The molecule has 7 heteroatoms. The molecule has 0 spiro atoms. The molecule has 0 atom stereocenters. The molecule has 0 aliphatic carbocycles. The number of anilines is 1. The summed E-state index contributed by atoms with van der Waals surface area (Å²) in [6.07, 6.45) is 8.21. The number of fused-ring (bicyclic) bond motifs is 1. The van der Waals surface area contributed by atoms with Gasteiger partial charge in [-0.1, -0.05) is 17.4 Å². The molecule has 1 saturated heterocycles. The molecule has 178 valence electrons. The first-order valence-electron chi connectivity index (χ1n) is 11.9. The van der Waals surface area contributed by atoms with Crippen LogP contribution in [0.3, 0.4) is 0 Å². The second-order valence-electron chi connectivity index (χ2n) is 8.44. The van der Waals surface area contributed by atoms with Gasteiger partial charge in [-0.2, -0.15) is 0 Å². The molecule has 1 fully saturated rings. The summed E-state index contributed by atoms with van der Waals surface area (Å²) in [4.78, 5) is 8.47. The minimum Gasteiger partial charge on any atom is -0.493 e. The van der Waals surface area contributed by atoms with E-state index in [4.69, 9.17) is 19.2 Å². The minimum absolute atomic E-state index is 0.220. The summed E-state index contributed by atoms with van der Waals surface area (Å²) in [5.74, 6) is 2.06. The zero-order valence-corrected chi connectivity index (χ0v) is 20.9. The fourth-order valence-corrected chi connectivity index (χ4v) is 5.83. The van der Waals surface area contributed by atoms with E-state index in [1.54, 1.807) is 18.4 Å². The van der Waals surface area contributed by atoms with Gasteiger partial charge in [-0.25, -0.2) is 4.99 Å². The van der Waals surface area contributed by atoms with Crippen LogP contribution in [0.5, 0.6) is 17.2 Å². The van der Waals surface area contributed by atoms with Gasteiger partial charge >= 0.3 is 0 Å². The Morgan fingerprint density at radius 3 is 2.59 bits per heavy atom. The summed E-state index contributed by atoms with van der Waals surface area (Å²) in [6, 6.07) is 12.6. The Morgan fingerprint density at radius 2 is 1.88 bits per heavy atom. The molecule has 0 bridgehead atoms. The molecule has 2 aromatic carbocycles. The average molecular weight is 478 g/mol. The van der Waals surface area contributed by atoms with Gasteiger partial charge in [0.25, 0.3) is 0 Å². The number of thiazole rings is 1. The molecule has 3 heterocycles. The van der Waals surface area contributed by atoms with E-state index in [-0.39, 0.29) is 6.79 Å². The molecule has 5 rings (SSSR count). The first kappa shape index (κ1) is 22.6. The van der Waals surface area contributed by atoms with Gasteiger partial charge in [-0.05, 0) is 81.1 Å². The predicted octanol–water partition coefficient (Wildman–Crippen LogP) is 4.16. The number of methoxy groups -OCH3 is 1. The average Bonchev–Trinajstić information content (AvgIpc) is 3.48. The molecule has 0 radical (unpaired) electrons. The standard InChI is InChI=1S/C27H31N3O3S/c1-4-22-25(17-19-15-23(31-3)26-24(16-19)32-18-33-26)34-27(30(22)5-2)28-20-9-11-21(12-10-20)29-13-7-6-8-14-29/h4,9-12,15-17H,5-8,13-14,18H2,1-3H3/b22-4+,25-17-,28-27?. The Hall–Kier alpha value is -3.19. The molecular weight excluding hydrogens is 446 g/mol. The fraction of sp³-hybridized carbons (Fsp3) is 0.370. The third-order valence-corrected chi connectivity index (χ3v) is 7.38. The van der Waals surface area contributed by atoms with Crippen molar-refractivity contribution in [3.63, 3.8) is 0 Å². The SMILES string of the molecule is C/C=c1\c(=C\c2cc(OC)c3c(c2)OCO3)sc(=Nc2ccc(N3CCCCC3)cc2)n1CC. The lowest BCUT2D eigenvalue weighted by molar-refractivity contribution is 0.171. The van der Waals surface area contributed by atoms with Gasteiger partial charge in [0.15, 0.2) is 16.3 Å². The van der Waals surface area contributed by atoms with Crippen LogP contribution in [0, 0.1) is 0 Å². The van der Waals surface area contributed by atoms with Gasteiger partial charge in [0.2, 0.25) is 12.5 Å². The molecule has 0 N–H and O–H groups in total. The topological polar surface area (TPSA) is 48.2 Å². The molecule has 0 amide bonds. The van der Waals surface area contributed by atoms with Crippen LogP contribution in [0.1, 0.15) is 38.7 Å². The highest BCUT2D eigenvalue weighted by Gasteiger charge is 2.19. The van der Waals surface area contributed by atoms with Crippen molar-refractivity contribution in [2.75, 3.05) is 31.9 Å². The summed E-state index contributed by atoms with van der Waals surface area (Å²) in [6.45, 7) is 7.60. The van der Waals surface area contributed by atoms with Crippen molar-refractivity contribution >= 4 is 34.9 Å². The van der Waals surface area contributed by atoms with E-state index in [0.29, 0.717) is 17.2 Å². The maximum Gasteiger partial charge on any atom is 0.231 e. The number of piperidine rings is 1. The van der Waals surface area contributed by atoms with Crippen molar-refractivity contribution < 1.29 is 14.2 Å². The summed E-state index contributed by atoms with van der Waals surface area (Å²) in [7, 11) is 1.65. The van der Waals surface area contributed by atoms with Crippen molar-refractivity contribution in [1.82, 2.24) is 4.57 Å². The largest absolute Gasteiger partial charge is 0.493 e. The number of ether oxygens (including phenoxy) is 3. The lowest BCUT2D eigenvalue weighted by Crippen LogP contribution is -2.31. The van der Waals surface area contributed by atoms with Gasteiger partial charge in [0, 0.05) is 25.3 Å². The smallest absolute Gasteiger partial charge is 0.231 e. The van der Waals surface area contributed by atoms with Crippen LogP contribution in [0.25, 0.3) is 12.2 Å². The van der Waals surface area contributed by atoms with Crippen molar-refractivity contribution in [3.8, 4) is 17.2 Å². The Morgan fingerprint density at radius 1 is 1.09 bits per heavy atom. The molecular formula is C27H31N3O3S. The number of nitrogens with zero attached hydrogens (tertiary/aromatic N) is 3. The molecule has 34 heavy (non-hydrogen) atoms.